The molecule has 0 amide bonds. The van der Waals surface area contributed by atoms with E-state index in [2.05, 4.69) is 34.8 Å². The van der Waals surface area contributed by atoms with Crippen LogP contribution in [0.25, 0.3) is 0 Å². The van der Waals surface area contributed by atoms with Crippen LogP contribution < -0.4 is 0 Å². The van der Waals surface area contributed by atoms with Gasteiger partial charge in [0.1, 0.15) is 12.0 Å². The van der Waals surface area contributed by atoms with Gasteiger partial charge in [0.15, 0.2) is 0 Å². The van der Waals surface area contributed by atoms with Crippen molar-refractivity contribution in [1.82, 2.24) is 4.90 Å². The molecule has 2 bridgehead atoms. The monoisotopic (exact) mass is 381 g/mol. The lowest BCUT2D eigenvalue weighted by atomic mass is 9.89. The van der Waals surface area contributed by atoms with Crippen LogP contribution in [0.4, 0.5) is 0 Å². The van der Waals surface area contributed by atoms with Gasteiger partial charge in [0.05, 0.1) is 11.1 Å². The van der Waals surface area contributed by atoms with Crippen LogP contribution in [0.1, 0.15) is 37.7 Å². The van der Waals surface area contributed by atoms with E-state index in [0.29, 0.717) is 6.04 Å². The Balaban J connectivity index is 1.73. The second-order valence-corrected chi connectivity index (χ2v) is 8.14. The van der Waals surface area contributed by atoms with Crippen LogP contribution in [0.5, 0.6) is 0 Å². The van der Waals surface area contributed by atoms with E-state index in [0.717, 1.165) is 24.8 Å². The lowest BCUT2D eigenvalue weighted by molar-refractivity contribution is -0.160. The molecule has 2 fully saturated rings. The molecular formula is C18H24BrNO3. The molecular weight excluding hydrogens is 358 g/mol. The lowest BCUT2D eigenvalue weighted by Gasteiger charge is -2.46. The van der Waals surface area contributed by atoms with Crippen molar-refractivity contribution in [3.05, 3.63) is 35.9 Å². The maximum absolute atomic E-state index is 12.6. The van der Waals surface area contributed by atoms with Gasteiger partial charge in [-0.15, -0.1) is 0 Å². The highest BCUT2D eigenvalue weighted by Gasteiger charge is 2.54. The first-order chi connectivity index (χ1) is 11.0. The number of alkyl halides is 1. The number of aliphatic hydroxyl groups is 1. The Morgan fingerprint density at radius 2 is 2.17 bits per heavy atom. The molecule has 0 aliphatic carbocycles. The number of benzene rings is 1. The zero-order valence-corrected chi connectivity index (χ0v) is 15.2. The van der Waals surface area contributed by atoms with Crippen LogP contribution in [0.15, 0.2) is 30.3 Å². The van der Waals surface area contributed by atoms with E-state index in [9.17, 15) is 9.90 Å². The van der Waals surface area contributed by atoms with Crippen LogP contribution >= 0.6 is 15.9 Å². The summed E-state index contributed by atoms with van der Waals surface area (Å²) < 4.78 is 5.77. The summed E-state index contributed by atoms with van der Waals surface area (Å²) >= 11 is 3.88. The summed E-state index contributed by atoms with van der Waals surface area (Å²) in [4.78, 5) is 15.0. The minimum Gasteiger partial charge on any atom is -0.461 e. The molecule has 1 N–H and O–H groups in total. The smallest absolute Gasteiger partial charge is 0.316 e. The maximum Gasteiger partial charge on any atom is 0.316 e. The van der Waals surface area contributed by atoms with Gasteiger partial charge in [-0.25, -0.2) is 0 Å². The molecule has 5 heteroatoms. The zero-order chi connectivity index (χ0) is 16.6. The number of aliphatic hydroxyl groups excluding tert-OH is 1. The van der Waals surface area contributed by atoms with Gasteiger partial charge >= 0.3 is 5.97 Å². The standard InChI is InChI=1S/C18H24BrNO3/c1-12-16(10-14-8-9-18(12,19)20(14)2)23-17(22)15(11-21)13-6-4-3-5-7-13/h3-7,12,14-16,21H,8-11H2,1-2H3/t12?,14?,15-,16?,18?/m1/s1. The molecule has 3 rings (SSSR count). The number of hydrogen-bond donors (Lipinski definition) is 1. The second-order valence-electron chi connectivity index (χ2n) is 6.77. The van der Waals surface area contributed by atoms with Crippen LogP contribution in [0, 0.1) is 5.92 Å². The van der Waals surface area contributed by atoms with Crippen LogP contribution in [0.2, 0.25) is 0 Å². The van der Waals surface area contributed by atoms with Crippen molar-refractivity contribution in [2.75, 3.05) is 13.7 Å². The highest BCUT2D eigenvalue weighted by Crippen LogP contribution is 2.51. The van der Waals surface area contributed by atoms with E-state index in [1.165, 1.54) is 0 Å². The van der Waals surface area contributed by atoms with Gasteiger partial charge in [0.2, 0.25) is 0 Å². The number of ether oxygens (including phenoxy) is 1. The highest BCUT2D eigenvalue weighted by atomic mass is 79.9. The molecule has 0 spiro atoms. The summed E-state index contributed by atoms with van der Waals surface area (Å²) in [6.07, 6.45) is 2.96. The molecule has 4 nitrogen and oxygen atoms in total. The summed E-state index contributed by atoms with van der Waals surface area (Å²) in [7, 11) is 2.14. The third-order valence-electron chi connectivity index (χ3n) is 5.66. The van der Waals surface area contributed by atoms with Crippen LogP contribution in [0.3, 0.4) is 0 Å². The second kappa shape index (κ2) is 6.54. The van der Waals surface area contributed by atoms with Crippen molar-refractivity contribution in [1.29, 1.82) is 0 Å². The van der Waals surface area contributed by atoms with Crippen LogP contribution in [-0.2, 0) is 9.53 Å². The predicted molar refractivity (Wildman–Crippen MR) is 92.4 cm³/mol. The van der Waals surface area contributed by atoms with Crippen molar-refractivity contribution < 1.29 is 14.6 Å². The fourth-order valence-corrected chi connectivity index (χ4v) is 4.82. The number of carbonyl (C=O) groups excluding carboxylic acids is 1. The minimum absolute atomic E-state index is 0.0810. The Bertz CT molecular complexity index is 567. The Morgan fingerprint density at radius 1 is 1.48 bits per heavy atom. The van der Waals surface area contributed by atoms with E-state index in [1.54, 1.807) is 0 Å². The molecule has 2 heterocycles. The minimum atomic E-state index is -0.605. The quantitative estimate of drug-likeness (QED) is 0.494. The van der Waals surface area contributed by atoms with Gasteiger partial charge in [0.25, 0.3) is 0 Å². The van der Waals surface area contributed by atoms with Crippen molar-refractivity contribution in [3.8, 4) is 0 Å². The van der Waals surface area contributed by atoms with Crippen molar-refractivity contribution >= 4 is 21.9 Å². The van der Waals surface area contributed by atoms with E-state index < -0.39 is 5.92 Å². The van der Waals surface area contributed by atoms with Gasteiger partial charge in [-0.05, 0) is 25.5 Å². The third-order valence-corrected chi connectivity index (χ3v) is 7.34. The number of fused-ring (bicyclic) bond motifs is 2. The largest absolute Gasteiger partial charge is 0.461 e. The average Bonchev–Trinajstić information content (AvgIpc) is 2.77. The first-order valence-corrected chi connectivity index (χ1v) is 9.05. The fourth-order valence-electron chi connectivity index (χ4n) is 4.01. The Labute approximate surface area is 145 Å². The van der Waals surface area contributed by atoms with E-state index in [4.69, 9.17) is 4.74 Å². The van der Waals surface area contributed by atoms with E-state index in [1.807, 2.05) is 30.3 Å². The summed E-state index contributed by atoms with van der Waals surface area (Å²) in [5.41, 5.74) is 0.803. The summed E-state index contributed by atoms with van der Waals surface area (Å²) in [5, 5.41) is 9.64. The number of carbonyl (C=O) groups is 1. The molecule has 23 heavy (non-hydrogen) atoms. The molecule has 5 atom stereocenters. The average molecular weight is 382 g/mol. The molecule has 2 aliphatic rings. The summed E-state index contributed by atoms with van der Waals surface area (Å²) in [6, 6.07) is 9.81. The zero-order valence-electron chi connectivity index (χ0n) is 13.6. The first kappa shape index (κ1) is 16.9. The number of rotatable bonds is 4. The molecule has 1 aromatic rings. The molecule has 126 valence electrons. The fraction of sp³-hybridized carbons (Fsp3) is 0.611. The number of nitrogens with zero attached hydrogens (tertiary/aromatic N) is 1. The third kappa shape index (κ3) is 2.94. The molecule has 2 aliphatic heterocycles. The van der Waals surface area contributed by atoms with Gasteiger partial charge in [-0.3, -0.25) is 9.69 Å². The van der Waals surface area contributed by atoms with Gasteiger partial charge in [-0.2, -0.15) is 0 Å². The van der Waals surface area contributed by atoms with Gasteiger partial charge in [-0.1, -0.05) is 53.2 Å². The molecule has 2 saturated heterocycles. The highest BCUT2D eigenvalue weighted by molar-refractivity contribution is 9.10. The molecule has 1 aromatic carbocycles. The molecule has 0 saturated carbocycles. The molecule has 0 radical (unpaired) electrons. The predicted octanol–water partition coefficient (Wildman–Crippen LogP) is 2.90. The summed E-state index contributed by atoms with van der Waals surface area (Å²) in [6.45, 7) is 1.91. The number of hydrogen-bond acceptors (Lipinski definition) is 4. The lowest BCUT2D eigenvalue weighted by Crippen LogP contribution is -2.55. The number of halogens is 1. The number of esters is 1. The normalized spacial score (nSPS) is 35.0. The SMILES string of the molecule is CC1C(OC(=O)[C@H](CO)c2ccccc2)CC2CCC1(Br)N2C. The van der Waals surface area contributed by atoms with E-state index >= 15 is 0 Å². The topological polar surface area (TPSA) is 49.8 Å². The van der Waals surface area contributed by atoms with Crippen LogP contribution in [-0.4, -0.2) is 46.2 Å². The van der Waals surface area contributed by atoms with Crippen molar-refractivity contribution in [3.63, 3.8) is 0 Å². The van der Waals surface area contributed by atoms with Crippen molar-refractivity contribution in [2.24, 2.45) is 5.92 Å². The number of piperidine rings is 1. The Kier molecular flexibility index (Phi) is 4.81. The van der Waals surface area contributed by atoms with Gasteiger partial charge in [0, 0.05) is 18.4 Å². The van der Waals surface area contributed by atoms with Gasteiger partial charge < -0.3 is 9.84 Å². The van der Waals surface area contributed by atoms with Crippen molar-refractivity contribution in [2.45, 2.75) is 48.7 Å². The maximum atomic E-state index is 12.6. The molecule has 4 unspecified atom stereocenters. The summed E-state index contributed by atoms with van der Waals surface area (Å²) in [5.74, 6) is -0.715. The first-order valence-electron chi connectivity index (χ1n) is 8.25. The Morgan fingerprint density at radius 3 is 2.83 bits per heavy atom. The molecule has 0 aromatic heterocycles. The Hall–Kier alpha value is -0.910. The van der Waals surface area contributed by atoms with E-state index in [-0.39, 0.29) is 29.0 Å².